The van der Waals surface area contributed by atoms with Gasteiger partial charge in [-0.3, -0.25) is 18.6 Å². The van der Waals surface area contributed by atoms with Gasteiger partial charge in [-0.15, -0.1) is 0 Å². The Morgan fingerprint density at radius 2 is 0.877 bits per heavy atom. The number of amides is 1. The molecule has 2 N–H and O–H groups in total. The lowest BCUT2D eigenvalue weighted by atomic mass is 10.0. The highest BCUT2D eigenvalue weighted by atomic mass is 31.2. The van der Waals surface area contributed by atoms with Crippen LogP contribution in [0.4, 0.5) is 0 Å². The molecule has 0 aliphatic rings. The lowest BCUT2D eigenvalue weighted by molar-refractivity contribution is -0.870. The van der Waals surface area contributed by atoms with Crippen LogP contribution in [-0.4, -0.2) is 74.3 Å². The Kier molecular flexibility index (Phi) is 51.0. The van der Waals surface area contributed by atoms with Crippen molar-refractivity contribution in [3.8, 4) is 0 Å². The molecule has 0 saturated carbocycles. The third-order valence-electron chi connectivity index (χ3n) is 13.1. The number of phosphoric acid groups is 1. The summed E-state index contributed by atoms with van der Waals surface area (Å²) >= 11 is 0. The zero-order chi connectivity index (χ0) is 53.6. The van der Waals surface area contributed by atoms with E-state index in [1.165, 1.54) is 128 Å². The molecule has 0 aliphatic carbocycles. The van der Waals surface area contributed by atoms with E-state index >= 15 is 0 Å². The van der Waals surface area contributed by atoms with Crippen LogP contribution >= 0.6 is 7.82 Å². The highest BCUT2D eigenvalue weighted by molar-refractivity contribution is 7.47. The molecule has 0 heterocycles. The van der Waals surface area contributed by atoms with Gasteiger partial charge in [-0.25, -0.2) is 4.57 Å². The van der Waals surface area contributed by atoms with Gasteiger partial charge in [0.15, 0.2) is 0 Å². The molecule has 0 aliphatic heterocycles. The monoisotopic (exact) mass is 1040 g/mol. The molecule has 0 bridgehead atoms. The van der Waals surface area contributed by atoms with Gasteiger partial charge in [-0.1, -0.05) is 229 Å². The molecule has 0 aromatic carbocycles. The summed E-state index contributed by atoms with van der Waals surface area (Å²) in [6, 6.07) is -0.862. The molecule has 0 aromatic heterocycles. The van der Waals surface area contributed by atoms with Crippen molar-refractivity contribution in [2.24, 2.45) is 0 Å². The average Bonchev–Trinajstić information content (AvgIpc) is 3.35. The Morgan fingerprint density at radius 3 is 1.36 bits per heavy atom. The number of carbonyl (C=O) groups is 2. The highest BCUT2D eigenvalue weighted by Crippen LogP contribution is 2.43. The molecule has 0 radical (unpaired) electrons. The third-order valence-corrected chi connectivity index (χ3v) is 14.1. The molecular formula is C63H116N2O7P+. The molecule has 9 nitrogen and oxygen atoms in total. The van der Waals surface area contributed by atoms with Crippen LogP contribution in [-0.2, 0) is 27.9 Å². The molecule has 0 spiro atoms. The number of nitrogens with one attached hydrogen (secondary N) is 1. The lowest BCUT2D eigenvalue weighted by Gasteiger charge is -2.27. The van der Waals surface area contributed by atoms with E-state index in [0.717, 1.165) is 103 Å². The lowest BCUT2D eigenvalue weighted by Crippen LogP contribution is -2.47. The van der Waals surface area contributed by atoms with E-state index in [2.05, 4.69) is 86.8 Å². The van der Waals surface area contributed by atoms with Crippen molar-refractivity contribution in [1.29, 1.82) is 0 Å². The molecule has 0 aromatic rings. The third kappa shape index (κ3) is 54.1. The number of likely N-dealkylation sites (N-methyl/N-ethyl adjacent to an activating group) is 1. The van der Waals surface area contributed by atoms with Crippen LogP contribution in [0, 0.1) is 0 Å². The van der Waals surface area contributed by atoms with Crippen LogP contribution in [0.3, 0.4) is 0 Å². The first-order chi connectivity index (χ1) is 35.4. The zero-order valence-electron chi connectivity index (χ0n) is 48.4. The Balaban J connectivity index is 5.36. The first-order valence-electron chi connectivity index (χ1n) is 30.3. The van der Waals surface area contributed by atoms with Crippen molar-refractivity contribution < 1.29 is 37.3 Å². The van der Waals surface area contributed by atoms with E-state index in [1.54, 1.807) is 0 Å². The number of hydrogen-bond donors (Lipinski definition) is 2. The normalized spacial score (nSPS) is 14.2. The summed E-state index contributed by atoms with van der Waals surface area (Å²) in [4.78, 5) is 37.7. The van der Waals surface area contributed by atoms with Crippen molar-refractivity contribution in [1.82, 2.24) is 5.32 Å². The van der Waals surface area contributed by atoms with Crippen molar-refractivity contribution in [3.63, 3.8) is 0 Å². The Labute approximate surface area is 451 Å². The summed E-state index contributed by atoms with van der Waals surface area (Å²) < 4.78 is 30.7. The number of carbonyl (C=O) groups excluding carboxylic acids is 2. The van der Waals surface area contributed by atoms with Gasteiger partial charge in [0.05, 0.1) is 33.8 Å². The van der Waals surface area contributed by atoms with Crippen LogP contribution in [0.5, 0.6) is 0 Å². The number of rotatable bonds is 54. The summed E-state index contributed by atoms with van der Waals surface area (Å²) in [5.41, 5.74) is 0. The molecule has 424 valence electrons. The van der Waals surface area contributed by atoms with Crippen LogP contribution in [0.15, 0.2) is 72.9 Å². The minimum atomic E-state index is -4.46. The second kappa shape index (κ2) is 52.9. The van der Waals surface area contributed by atoms with Gasteiger partial charge in [0.2, 0.25) is 5.91 Å². The average molecular weight is 1040 g/mol. The highest BCUT2D eigenvalue weighted by Gasteiger charge is 2.30. The van der Waals surface area contributed by atoms with E-state index in [1.807, 2.05) is 33.3 Å². The van der Waals surface area contributed by atoms with Gasteiger partial charge in [-0.05, 0) is 96.0 Å². The van der Waals surface area contributed by atoms with Crippen molar-refractivity contribution in [2.75, 3.05) is 40.9 Å². The van der Waals surface area contributed by atoms with Gasteiger partial charge >= 0.3 is 13.8 Å². The van der Waals surface area contributed by atoms with E-state index in [0.29, 0.717) is 17.4 Å². The summed E-state index contributed by atoms with van der Waals surface area (Å²) in [5, 5.41) is 3.05. The predicted molar refractivity (Wildman–Crippen MR) is 314 cm³/mol. The summed E-state index contributed by atoms with van der Waals surface area (Å²) in [6.07, 6.45) is 67.4. The number of hydrogen-bond acceptors (Lipinski definition) is 6. The number of nitrogens with zero attached hydrogens (tertiary/aromatic N) is 1. The first-order valence-corrected chi connectivity index (χ1v) is 31.8. The second-order valence-electron chi connectivity index (χ2n) is 21.5. The first kappa shape index (κ1) is 70.5. The minimum Gasteiger partial charge on any atom is -0.456 e. The maximum absolute atomic E-state index is 13.5. The summed E-state index contributed by atoms with van der Waals surface area (Å²) in [6.45, 7) is 6.94. The fourth-order valence-electron chi connectivity index (χ4n) is 8.41. The number of esters is 1. The molecule has 0 fully saturated rings. The Morgan fingerprint density at radius 1 is 0.493 bits per heavy atom. The standard InChI is InChI=1S/C63H115N2O7P/c1-7-10-13-16-19-22-25-28-30-31-32-33-35-37-40-43-46-49-52-55-62(66)64-60(59-71-73(68,69)70-58-57-65(4,5)6)61(54-51-48-45-42-39-36-27-24-21-18-15-12-9-3)72-63(67)56-53-50-47-44-41-38-34-29-26-23-20-17-14-11-8-2/h19-20,22-23,26,28-30,32-33,51,54,60-61H,7-18,21,24-25,27,31,34-50,52-53,55-59H2,1-6H3,(H-,64,66,68,69)/p+1/b22-19-,23-20+,29-26+,30-28-,33-32-,54-51-. The van der Waals surface area contributed by atoms with Crippen molar-refractivity contribution in [2.45, 2.75) is 277 Å². The summed E-state index contributed by atoms with van der Waals surface area (Å²) in [7, 11) is 1.47. The van der Waals surface area contributed by atoms with Crippen molar-refractivity contribution in [3.05, 3.63) is 72.9 Å². The number of unbranched alkanes of at least 4 members (excludes halogenated alkanes) is 29. The SMILES string of the molecule is CCCCC/C=C\C/C=C\C/C=C\CCCCCCCCC(=O)NC(COP(=O)(O)OCC[N+](C)(C)C)C(/C=C\CCCCCCCCCCCCC)OC(=O)CCCCCCCC/C=C/C=C/CCCCC. The number of allylic oxidation sites excluding steroid dienone is 11. The van der Waals surface area contributed by atoms with Gasteiger partial charge in [-0.2, -0.15) is 0 Å². The predicted octanol–water partition coefficient (Wildman–Crippen LogP) is 18.4. The zero-order valence-corrected chi connectivity index (χ0v) is 49.3. The molecule has 3 atom stereocenters. The van der Waals surface area contributed by atoms with Gasteiger partial charge in [0.1, 0.15) is 19.3 Å². The molecule has 3 unspecified atom stereocenters. The minimum absolute atomic E-state index is 0.0331. The fourth-order valence-corrected chi connectivity index (χ4v) is 9.14. The van der Waals surface area contributed by atoms with Gasteiger partial charge in [0, 0.05) is 12.8 Å². The largest absolute Gasteiger partial charge is 0.472 e. The van der Waals surface area contributed by atoms with E-state index < -0.39 is 20.0 Å². The van der Waals surface area contributed by atoms with Gasteiger partial charge in [0.25, 0.3) is 0 Å². The topological polar surface area (TPSA) is 111 Å². The summed E-state index contributed by atoms with van der Waals surface area (Å²) in [5.74, 6) is -0.532. The number of ether oxygens (including phenoxy) is 1. The van der Waals surface area contributed by atoms with Crippen LogP contribution in [0.2, 0.25) is 0 Å². The molecule has 0 rings (SSSR count). The Hall–Kier alpha value is -2.55. The van der Waals surface area contributed by atoms with Crippen LogP contribution < -0.4 is 5.32 Å². The van der Waals surface area contributed by atoms with E-state index in [4.69, 9.17) is 13.8 Å². The number of quaternary nitrogens is 1. The van der Waals surface area contributed by atoms with E-state index in [9.17, 15) is 19.0 Å². The maximum Gasteiger partial charge on any atom is 0.472 e. The molecule has 10 heteroatoms. The molecule has 73 heavy (non-hydrogen) atoms. The van der Waals surface area contributed by atoms with E-state index in [-0.39, 0.29) is 31.5 Å². The number of phosphoric ester groups is 1. The molecular weight excluding hydrogens is 928 g/mol. The quantitative estimate of drug-likeness (QED) is 0.0156. The van der Waals surface area contributed by atoms with Crippen molar-refractivity contribution >= 4 is 19.7 Å². The second-order valence-corrected chi connectivity index (χ2v) is 23.0. The maximum atomic E-state index is 13.5. The van der Waals surface area contributed by atoms with Crippen LogP contribution in [0.1, 0.15) is 265 Å². The molecule has 1 amide bonds. The van der Waals surface area contributed by atoms with Crippen LogP contribution in [0.25, 0.3) is 0 Å². The smallest absolute Gasteiger partial charge is 0.456 e. The van der Waals surface area contributed by atoms with Gasteiger partial charge < -0.3 is 19.4 Å². The molecule has 0 saturated heterocycles. The fraction of sp³-hybridized carbons (Fsp3) is 0.778. The Bertz CT molecular complexity index is 1480.